The molecule has 0 radical (unpaired) electrons. The third-order valence-corrected chi connectivity index (χ3v) is 0. The van der Waals surface area contributed by atoms with Crippen molar-refractivity contribution in [3.8, 4) is 0 Å². The fourth-order valence-electron chi connectivity index (χ4n) is 0. The van der Waals surface area contributed by atoms with E-state index in [0.717, 1.165) is 0 Å². The molecule has 0 bridgehead atoms. The Balaban J connectivity index is -0.0000000693. The minimum Gasteiger partial charge on any atom is -0.303 e. The van der Waals surface area contributed by atoms with Gasteiger partial charge in [-0.1, -0.05) is 0 Å². The van der Waals surface area contributed by atoms with E-state index in [9.17, 15) is 4.39 Å². The Kier molecular flexibility index (Phi) is 17.3. The molecule has 0 fully saturated rings. The van der Waals surface area contributed by atoms with Crippen LogP contribution in [0.25, 0.3) is 0 Å². The number of alkyl halides is 1. The quantitative estimate of drug-likeness (QED) is 0.215. The van der Waals surface area contributed by atoms with Gasteiger partial charge in [0.1, 0.15) is 0 Å². The van der Waals surface area contributed by atoms with Crippen LogP contribution in [-0.4, -0.2) is 51.2 Å². The topological polar surface area (TPSA) is 233 Å². The maximum absolute atomic E-state index is 9.50. The van der Waals surface area contributed by atoms with E-state index in [0.29, 0.717) is 7.18 Å². The Morgan fingerprint density at radius 1 is 0.529 bits per heavy atom. The summed E-state index contributed by atoms with van der Waals surface area (Å²) in [5.41, 5.74) is 0. The average Bonchev–Trinajstić information content (AvgIpc) is 1.77. The molecule has 12 nitrogen and oxygen atoms in total. The van der Waals surface area contributed by atoms with Crippen LogP contribution in [0, 0.1) is 0 Å². The van der Waals surface area contributed by atoms with Gasteiger partial charge < -0.3 is 44.0 Å². The Morgan fingerprint density at radius 3 is 0.529 bits per heavy atom. The van der Waals surface area contributed by atoms with Gasteiger partial charge in [-0.25, -0.2) is 13.7 Å². The van der Waals surface area contributed by atoms with Crippen molar-refractivity contribution in [1.82, 2.24) is 0 Å². The van der Waals surface area contributed by atoms with Gasteiger partial charge in [0.2, 0.25) is 0 Å². The molecule has 110 valence electrons. The van der Waals surface area contributed by atoms with Gasteiger partial charge in [-0.05, 0) is 0 Å². The molecule has 17 heavy (non-hydrogen) atoms. The van der Waals surface area contributed by atoms with Crippen LogP contribution in [0.2, 0.25) is 0 Å². The van der Waals surface area contributed by atoms with E-state index in [1.807, 2.05) is 0 Å². The smallest absolute Gasteiger partial charge is 0.303 e. The first-order chi connectivity index (χ1) is 7.00. The fraction of sp³-hybridized carbons (Fsp3) is 1.00. The van der Waals surface area contributed by atoms with Crippen molar-refractivity contribution in [2.24, 2.45) is 0 Å². The maximum atomic E-state index is 9.50. The number of hydrogen-bond donors (Lipinski definition) is 9. The highest BCUT2D eigenvalue weighted by Gasteiger charge is 2.01. The standard InChI is InChI=1S/CH3F.3H3O4P/c1-2;3*1-5(2,3)4/h1H3;3*(H3,1,2,3,4). The van der Waals surface area contributed by atoms with Crippen LogP contribution in [-0.2, 0) is 13.7 Å². The zero-order valence-electron chi connectivity index (χ0n) is 7.97. The number of hydrogen-bond acceptors (Lipinski definition) is 3. The molecule has 0 aromatic heterocycles. The average molecular weight is 328 g/mol. The lowest BCUT2D eigenvalue weighted by Gasteiger charge is -1.82. The monoisotopic (exact) mass is 328 g/mol. The lowest BCUT2D eigenvalue weighted by atomic mass is 11.9. The highest BCUT2D eigenvalue weighted by molar-refractivity contribution is 7.45. The summed E-state index contributed by atoms with van der Waals surface area (Å²) in [4.78, 5) is 64.7. The van der Waals surface area contributed by atoms with Crippen LogP contribution >= 0.6 is 23.5 Å². The van der Waals surface area contributed by atoms with Gasteiger partial charge in [-0.15, -0.1) is 0 Å². The SMILES string of the molecule is CF.O=P(O)(O)O.O=P(O)(O)O.O=P(O)(O)O. The van der Waals surface area contributed by atoms with Crippen molar-refractivity contribution < 1.29 is 62.1 Å². The first kappa shape index (κ1) is 26.0. The second-order valence-corrected chi connectivity index (χ2v) is 4.62. The highest BCUT2D eigenvalue weighted by atomic mass is 31.2. The molecule has 9 N–H and O–H groups in total. The molecule has 0 saturated carbocycles. The molecule has 0 saturated heterocycles. The van der Waals surface area contributed by atoms with Crippen LogP contribution in [0.3, 0.4) is 0 Å². The molecule has 0 aliphatic carbocycles. The molecule has 16 heteroatoms. The van der Waals surface area contributed by atoms with Gasteiger partial charge in [-0.3, -0.25) is 4.39 Å². The zero-order chi connectivity index (χ0) is 15.5. The zero-order valence-corrected chi connectivity index (χ0v) is 10.7. The van der Waals surface area contributed by atoms with E-state index < -0.39 is 23.5 Å². The fourth-order valence-corrected chi connectivity index (χ4v) is 0. The lowest BCUT2D eigenvalue weighted by molar-refractivity contribution is 0.272. The van der Waals surface area contributed by atoms with Crippen molar-refractivity contribution in [2.75, 3.05) is 7.18 Å². The van der Waals surface area contributed by atoms with E-state index in [-0.39, 0.29) is 0 Å². The van der Waals surface area contributed by atoms with E-state index in [4.69, 9.17) is 57.7 Å². The third-order valence-electron chi connectivity index (χ3n) is 0. The summed E-state index contributed by atoms with van der Waals surface area (Å²) in [6.45, 7) is 0. The Morgan fingerprint density at radius 2 is 0.529 bits per heavy atom. The van der Waals surface area contributed by atoms with Gasteiger partial charge in [0.15, 0.2) is 0 Å². The summed E-state index contributed by atoms with van der Waals surface area (Å²) in [5.74, 6) is 0. The maximum Gasteiger partial charge on any atom is 0.466 e. The number of rotatable bonds is 0. The van der Waals surface area contributed by atoms with Crippen molar-refractivity contribution in [2.45, 2.75) is 0 Å². The second kappa shape index (κ2) is 11.4. The van der Waals surface area contributed by atoms with E-state index in [1.54, 1.807) is 0 Å². The van der Waals surface area contributed by atoms with Gasteiger partial charge in [-0.2, -0.15) is 0 Å². The highest BCUT2D eigenvalue weighted by Crippen LogP contribution is 2.26. The molecule has 0 atom stereocenters. The third kappa shape index (κ3) is 48900. The molecule has 0 unspecified atom stereocenters. The largest absolute Gasteiger partial charge is 0.466 e. The van der Waals surface area contributed by atoms with Gasteiger partial charge >= 0.3 is 23.5 Å². The van der Waals surface area contributed by atoms with Crippen LogP contribution < -0.4 is 0 Å². The summed E-state index contributed by atoms with van der Waals surface area (Å²) in [6, 6.07) is 0. The molecular formula is CH12FO12P3. The van der Waals surface area contributed by atoms with E-state index in [1.165, 1.54) is 0 Å². The first-order valence-corrected chi connectivity index (χ1v) is 7.42. The summed E-state index contributed by atoms with van der Waals surface area (Å²) in [6.07, 6.45) is 0. The molecule has 0 aromatic carbocycles. The predicted octanol–water partition coefficient (Wildman–Crippen LogP) is -2.20. The molecule has 0 spiro atoms. The molecule has 0 rings (SSSR count). The van der Waals surface area contributed by atoms with Crippen molar-refractivity contribution >= 4 is 23.5 Å². The van der Waals surface area contributed by atoms with Gasteiger partial charge in [0, 0.05) is 0 Å². The van der Waals surface area contributed by atoms with Crippen LogP contribution in [0.5, 0.6) is 0 Å². The van der Waals surface area contributed by atoms with Gasteiger partial charge in [0.25, 0.3) is 0 Å². The van der Waals surface area contributed by atoms with Crippen molar-refractivity contribution in [3.63, 3.8) is 0 Å². The van der Waals surface area contributed by atoms with Gasteiger partial charge in [0.05, 0.1) is 7.18 Å². The Labute approximate surface area is 93.7 Å². The first-order valence-electron chi connectivity index (χ1n) is 2.73. The molecule has 0 aliphatic heterocycles. The molecule has 0 heterocycles. The second-order valence-electron chi connectivity index (χ2n) is 1.54. The van der Waals surface area contributed by atoms with E-state index >= 15 is 0 Å². The normalized spacial score (nSPS) is 10.8. The number of phosphoric acid groups is 3. The number of halogens is 1. The summed E-state index contributed by atoms with van der Waals surface area (Å²) < 4.78 is 36.1. The minimum absolute atomic E-state index is 0.500. The molecule has 0 aliphatic rings. The summed E-state index contributed by atoms with van der Waals surface area (Å²) in [5, 5.41) is 0. The molecule has 0 amide bonds. The van der Waals surface area contributed by atoms with E-state index in [2.05, 4.69) is 0 Å². The van der Waals surface area contributed by atoms with Crippen LogP contribution in [0.4, 0.5) is 4.39 Å². The van der Waals surface area contributed by atoms with Crippen LogP contribution in [0.15, 0.2) is 0 Å². The summed E-state index contributed by atoms with van der Waals surface area (Å²) in [7, 11) is -13.4. The Bertz CT molecular complexity index is 208. The van der Waals surface area contributed by atoms with Crippen molar-refractivity contribution in [3.05, 3.63) is 0 Å². The molecule has 0 aromatic rings. The summed E-state index contributed by atoms with van der Waals surface area (Å²) >= 11 is 0. The Hall–Kier alpha value is 0.260. The lowest BCUT2D eigenvalue weighted by Crippen LogP contribution is -1.66. The molecular weight excluding hydrogens is 316 g/mol. The van der Waals surface area contributed by atoms with Crippen LogP contribution in [0.1, 0.15) is 0 Å². The minimum atomic E-state index is -4.64. The predicted molar refractivity (Wildman–Crippen MR) is 49.8 cm³/mol. The van der Waals surface area contributed by atoms with Crippen molar-refractivity contribution in [1.29, 1.82) is 0 Å².